The number of nitrogens with zero attached hydrogens (tertiary/aromatic N) is 2. The normalized spacial score (nSPS) is 15.4. The lowest BCUT2D eigenvalue weighted by Crippen LogP contribution is -2.40. The van der Waals surface area contributed by atoms with E-state index in [0.717, 1.165) is 17.5 Å². The predicted octanol–water partition coefficient (Wildman–Crippen LogP) is 4.35. The van der Waals surface area contributed by atoms with Crippen LogP contribution in [0.3, 0.4) is 0 Å². The highest BCUT2D eigenvalue weighted by atomic mass is 16.5. The van der Waals surface area contributed by atoms with Crippen LogP contribution in [0.15, 0.2) is 72.8 Å². The summed E-state index contributed by atoms with van der Waals surface area (Å²) in [5.74, 6) is 0.394. The van der Waals surface area contributed by atoms with E-state index < -0.39 is 0 Å². The zero-order valence-electron chi connectivity index (χ0n) is 15.6. The van der Waals surface area contributed by atoms with E-state index in [9.17, 15) is 10.1 Å². The summed E-state index contributed by atoms with van der Waals surface area (Å²) < 4.78 is 5.21. The van der Waals surface area contributed by atoms with Gasteiger partial charge in [-0.3, -0.25) is 4.79 Å². The highest BCUT2D eigenvalue weighted by Crippen LogP contribution is 2.36. The van der Waals surface area contributed by atoms with Crippen LogP contribution >= 0.6 is 0 Å². The van der Waals surface area contributed by atoms with Crippen LogP contribution in [0.25, 0.3) is 0 Å². The number of ether oxygens (including phenoxy) is 1. The first-order valence-electron chi connectivity index (χ1n) is 9.25. The number of carbonyl (C=O) groups is 1. The number of methoxy groups -OCH3 is 1. The van der Waals surface area contributed by atoms with E-state index in [1.165, 1.54) is 12.7 Å². The second-order valence-electron chi connectivity index (χ2n) is 6.79. The van der Waals surface area contributed by atoms with Crippen molar-refractivity contribution in [1.29, 1.82) is 5.26 Å². The van der Waals surface area contributed by atoms with Gasteiger partial charge in [0.05, 0.1) is 18.7 Å². The van der Waals surface area contributed by atoms with Crippen LogP contribution < -0.4 is 4.74 Å². The number of benzene rings is 3. The van der Waals surface area contributed by atoms with Crippen LogP contribution in [0.4, 0.5) is 0 Å². The molecule has 4 nitrogen and oxygen atoms in total. The first-order chi connectivity index (χ1) is 13.7. The molecule has 1 aliphatic rings. The van der Waals surface area contributed by atoms with Gasteiger partial charge < -0.3 is 9.64 Å². The summed E-state index contributed by atoms with van der Waals surface area (Å²) in [6.45, 7) is 0.628. The Kier molecular flexibility index (Phi) is 4.82. The van der Waals surface area contributed by atoms with Crippen LogP contribution in [0.2, 0.25) is 0 Å². The van der Waals surface area contributed by atoms with Gasteiger partial charge in [0.2, 0.25) is 0 Å². The van der Waals surface area contributed by atoms with Crippen molar-refractivity contribution in [2.24, 2.45) is 0 Å². The van der Waals surface area contributed by atoms with E-state index in [2.05, 4.69) is 30.3 Å². The Morgan fingerprint density at radius 2 is 1.82 bits per heavy atom. The van der Waals surface area contributed by atoms with Gasteiger partial charge in [0, 0.05) is 12.1 Å². The predicted molar refractivity (Wildman–Crippen MR) is 107 cm³/mol. The molecule has 0 aromatic heterocycles. The monoisotopic (exact) mass is 368 g/mol. The third-order valence-corrected chi connectivity index (χ3v) is 5.23. The van der Waals surface area contributed by atoms with E-state index in [1.54, 1.807) is 18.2 Å². The number of nitriles is 1. The zero-order chi connectivity index (χ0) is 19.5. The molecule has 4 rings (SSSR count). The summed E-state index contributed by atoms with van der Waals surface area (Å²) in [7, 11) is 1.52. The Bertz CT molecular complexity index is 1050. The van der Waals surface area contributed by atoms with Gasteiger partial charge in [-0.1, -0.05) is 54.6 Å². The van der Waals surface area contributed by atoms with Crippen molar-refractivity contribution >= 4 is 5.91 Å². The second-order valence-corrected chi connectivity index (χ2v) is 6.79. The molecule has 138 valence electrons. The van der Waals surface area contributed by atoms with Crippen molar-refractivity contribution in [3.63, 3.8) is 0 Å². The molecule has 0 unspecified atom stereocenters. The highest BCUT2D eigenvalue weighted by molar-refractivity contribution is 5.95. The molecule has 0 saturated carbocycles. The maximum absolute atomic E-state index is 13.4. The Morgan fingerprint density at radius 1 is 1.07 bits per heavy atom. The minimum Gasteiger partial charge on any atom is -0.495 e. The largest absolute Gasteiger partial charge is 0.495 e. The van der Waals surface area contributed by atoms with Gasteiger partial charge in [-0.05, 0) is 41.3 Å². The van der Waals surface area contributed by atoms with Gasteiger partial charge in [-0.2, -0.15) is 5.26 Å². The minimum atomic E-state index is -0.147. The fourth-order valence-corrected chi connectivity index (χ4v) is 3.87. The molecule has 28 heavy (non-hydrogen) atoms. The summed E-state index contributed by atoms with van der Waals surface area (Å²) in [6.07, 6.45) is 0.812. The van der Waals surface area contributed by atoms with Gasteiger partial charge in [-0.15, -0.1) is 0 Å². The molecular formula is C24H20N2O2. The fourth-order valence-electron chi connectivity index (χ4n) is 3.87. The molecule has 0 radical (unpaired) electrons. The van der Waals surface area contributed by atoms with E-state index in [4.69, 9.17) is 4.74 Å². The average molecular weight is 368 g/mol. The van der Waals surface area contributed by atoms with Gasteiger partial charge in [-0.25, -0.2) is 0 Å². The second kappa shape index (κ2) is 7.58. The average Bonchev–Trinajstić information content (AvgIpc) is 2.77. The number of carbonyl (C=O) groups excluding carboxylic acids is 1. The molecule has 4 heteroatoms. The smallest absolute Gasteiger partial charge is 0.254 e. The summed E-state index contributed by atoms with van der Waals surface area (Å²) in [5.41, 5.74) is 4.37. The van der Waals surface area contributed by atoms with Gasteiger partial charge in [0.25, 0.3) is 5.91 Å². The molecule has 3 aromatic carbocycles. The van der Waals surface area contributed by atoms with Crippen molar-refractivity contribution in [2.45, 2.75) is 12.5 Å². The van der Waals surface area contributed by atoms with Crippen LogP contribution in [-0.4, -0.2) is 24.5 Å². The molecule has 0 aliphatic carbocycles. The standard InChI is InChI=1S/C24H20N2O2/c1-28-22-12-11-19(15-20(22)16-25)24(27)26-14-13-17-7-5-6-10-21(17)23(26)18-8-3-2-4-9-18/h2-12,15,23H,13-14H2,1H3/t23-/m0/s1. The molecular weight excluding hydrogens is 348 g/mol. The van der Waals surface area contributed by atoms with Crippen molar-refractivity contribution in [3.05, 3.63) is 101 Å². The Morgan fingerprint density at radius 3 is 2.57 bits per heavy atom. The molecule has 1 atom stereocenters. The maximum atomic E-state index is 13.4. The van der Waals surface area contributed by atoms with E-state index >= 15 is 0 Å². The van der Waals surface area contributed by atoms with Gasteiger partial charge >= 0.3 is 0 Å². The molecule has 0 saturated heterocycles. The number of hydrogen-bond acceptors (Lipinski definition) is 3. The molecule has 1 amide bonds. The fraction of sp³-hybridized carbons (Fsp3) is 0.167. The van der Waals surface area contributed by atoms with Crippen molar-refractivity contribution in [1.82, 2.24) is 4.90 Å². The summed E-state index contributed by atoms with van der Waals surface area (Å²) in [6, 6.07) is 25.4. The lowest BCUT2D eigenvalue weighted by molar-refractivity contribution is 0.0694. The van der Waals surface area contributed by atoms with E-state index in [0.29, 0.717) is 23.4 Å². The molecule has 0 fully saturated rings. The maximum Gasteiger partial charge on any atom is 0.254 e. The first-order valence-corrected chi connectivity index (χ1v) is 9.25. The Hall–Kier alpha value is -3.58. The number of amides is 1. The third kappa shape index (κ3) is 3.12. The molecule has 1 heterocycles. The molecule has 0 spiro atoms. The van der Waals surface area contributed by atoms with Crippen LogP contribution in [0.1, 0.15) is 38.7 Å². The summed E-state index contributed by atoms with van der Waals surface area (Å²) >= 11 is 0. The first kappa shape index (κ1) is 17.8. The molecule has 1 aliphatic heterocycles. The van der Waals surface area contributed by atoms with Gasteiger partial charge in [0.15, 0.2) is 0 Å². The molecule has 0 N–H and O–H groups in total. The third-order valence-electron chi connectivity index (χ3n) is 5.23. The van der Waals surface area contributed by atoms with Crippen LogP contribution in [-0.2, 0) is 6.42 Å². The topological polar surface area (TPSA) is 53.3 Å². The quantitative estimate of drug-likeness (QED) is 0.690. The number of rotatable bonds is 3. The van der Waals surface area contributed by atoms with Gasteiger partial charge in [0.1, 0.15) is 11.8 Å². The van der Waals surface area contributed by atoms with Crippen molar-refractivity contribution in [2.75, 3.05) is 13.7 Å². The minimum absolute atomic E-state index is 0.0810. The summed E-state index contributed by atoms with van der Waals surface area (Å²) in [4.78, 5) is 15.3. The molecule has 0 bridgehead atoms. The lowest BCUT2D eigenvalue weighted by Gasteiger charge is -2.38. The van der Waals surface area contributed by atoms with Crippen molar-refractivity contribution < 1.29 is 9.53 Å². The zero-order valence-corrected chi connectivity index (χ0v) is 15.6. The number of hydrogen-bond donors (Lipinski definition) is 0. The van der Waals surface area contributed by atoms with Crippen molar-refractivity contribution in [3.8, 4) is 11.8 Å². The summed E-state index contributed by atoms with van der Waals surface area (Å²) in [5, 5.41) is 9.37. The number of fused-ring (bicyclic) bond motifs is 1. The molecule has 3 aromatic rings. The van der Waals surface area contributed by atoms with Crippen LogP contribution in [0.5, 0.6) is 5.75 Å². The highest BCUT2D eigenvalue weighted by Gasteiger charge is 2.32. The Labute approximate surface area is 164 Å². The van der Waals surface area contributed by atoms with E-state index in [1.807, 2.05) is 35.2 Å². The Balaban J connectivity index is 1.78. The lowest BCUT2D eigenvalue weighted by atomic mass is 9.87. The SMILES string of the molecule is COc1ccc(C(=O)N2CCc3ccccc3[C@@H]2c2ccccc2)cc1C#N. The van der Waals surface area contributed by atoms with Crippen LogP contribution in [0, 0.1) is 11.3 Å². The van der Waals surface area contributed by atoms with E-state index in [-0.39, 0.29) is 11.9 Å².